The third-order valence-corrected chi connectivity index (χ3v) is 3.11. The van der Waals surface area contributed by atoms with Gasteiger partial charge in [0.1, 0.15) is 0 Å². The summed E-state index contributed by atoms with van der Waals surface area (Å²) in [7, 11) is 0. The first-order chi connectivity index (χ1) is 6.97. The quantitative estimate of drug-likeness (QED) is 0.652. The van der Waals surface area contributed by atoms with E-state index in [2.05, 4.69) is 39.9 Å². The predicted molar refractivity (Wildman–Crippen MR) is 67.0 cm³/mol. The van der Waals surface area contributed by atoms with E-state index in [0.29, 0.717) is 18.0 Å². The van der Waals surface area contributed by atoms with E-state index in [1.165, 1.54) is 19.3 Å². The first-order valence-electron chi connectivity index (χ1n) is 6.34. The van der Waals surface area contributed by atoms with Gasteiger partial charge in [-0.1, -0.05) is 33.6 Å². The summed E-state index contributed by atoms with van der Waals surface area (Å²) in [5.41, 5.74) is 0. The lowest BCUT2D eigenvalue weighted by atomic mass is 10.0. The Kier molecular flexibility index (Phi) is 8.07. The van der Waals surface area contributed by atoms with Crippen LogP contribution in [-0.2, 0) is 0 Å². The summed E-state index contributed by atoms with van der Waals surface area (Å²) in [6.45, 7) is 11.3. The first-order valence-corrected chi connectivity index (χ1v) is 6.34. The van der Waals surface area contributed by atoms with Gasteiger partial charge >= 0.3 is 0 Å². The van der Waals surface area contributed by atoms with Crippen molar-refractivity contribution in [2.75, 3.05) is 6.61 Å². The predicted octanol–water partition coefficient (Wildman–Crippen LogP) is 2.81. The topological polar surface area (TPSA) is 32.3 Å². The maximum absolute atomic E-state index is 9.03. The van der Waals surface area contributed by atoms with Crippen LogP contribution in [0.3, 0.4) is 0 Å². The van der Waals surface area contributed by atoms with Gasteiger partial charge < -0.3 is 10.4 Å². The van der Waals surface area contributed by atoms with Crippen LogP contribution in [0.25, 0.3) is 0 Å². The van der Waals surface area contributed by atoms with Crippen LogP contribution in [-0.4, -0.2) is 23.8 Å². The number of aliphatic hydroxyl groups is 1. The molecule has 0 amide bonds. The van der Waals surface area contributed by atoms with Gasteiger partial charge in [-0.3, -0.25) is 0 Å². The monoisotopic (exact) mass is 215 g/mol. The Morgan fingerprint density at radius 1 is 1.00 bits per heavy atom. The fourth-order valence-electron chi connectivity index (χ4n) is 1.69. The molecule has 0 heterocycles. The molecule has 0 aromatic heterocycles. The van der Waals surface area contributed by atoms with Crippen LogP contribution in [0.2, 0.25) is 0 Å². The SMILES string of the molecule is CC(C)CCCC(C)NC(C)C(C)CO. The number of aliphatic hydroxyl groups excluding tert-OH is 1. The fourth-order valence-corrected chi connectivity index (χ4v) is 1.69. The number of nitrogens with one attached hydrogen (secondary N) is 1. The highest BCUT2D eigenvalue weighted by Crippen LogP contribution is 2.10. The maximum atomic E-state index is 9.03. The summed E-state index contributed by atoms with van der Waals surface area (Å²) in [5.74, 6) is 1.16. The van der Waals surface area contributed by atoms with Gasteiger partial charge in [0.2, 0.25) is 0 Å². The minimum atomic E-state index is 0.271. The normalized spacial score (nSPS) is 17.8. The van der Waals surface area contributed by atoms with Crippen molar-refractivity contribution in [1.29, 1.82) is 0 Å². The molecule has 0 aliphatic carbocycles. The van der Waals surface area contributed by atoms with Crippen molar-refractivity contribution in [3.05, 3.63) is 0 Å². The van der Waals surface area contributed by atoms with Crippen molar-refractivity contribution >= 4 is 0 Å². The van der Waals surface area contributed by atoms with Crippen LogP contribution < -0.4 is 5.32 Å². The summed E-state index contributed by atoms with van der Waals surface area (Å²) in [5, 5.41) is 12.6. The van der Waals surface area contributed by atoms with Crippen molar-refractivity contribution < 1.29 is 5.11 Å². The molecule has 0 bridgehead atoms. The molecular weight excluding hydrogens is 186 g/mol. The van der Waals surface area contributed by atoms with Crippen molar-refractivity contribution in [2.24, 2.45) is 11.8 Å². The minimum Gasteiger partial charge on any atom is -0.396 e. The lowest BCUT2D eigenvalue weighted by Gasteiger charge is -2.24. The molecular formula is C13H29NO. The molecule has 2 N–H and O–H groups in total. The molecule has 0 aliphatic rings. The van der Waals surface area contributed by atoms with E-state index in [-0.39, 0.29) is 6.61 Å². The van der Waals surface area contributed by atoms with Crippen molar-refractivity contribution in [3.63, 3.8) is 0 Å². The van der Waals surface area contributed by atoms with Gasteiger partial charge in [-0.05, 0) is 32.1 Å². The molecule has 3 atom stereocenters. The van der Waals surface area contributed by atoms with Crippen molar-refractivity contribution in [2.45, 2.75) is 66.0 Å². The van der Waals surface area contributed by atoms with E-state index in [9.17, 15) is 0 Å². The second-order valence-electron chi connectivity index (χ2n) is 5.34. The van der Waals surface area contributed by atoms with Crippen LogP contribution in [0.1, 0.15) is 53.9 Å². The van der Waals surface area contributed by atoms with Gasteiger partial charge in [0, 0.05) is 18.7 Å². The average molecular weight is 215 g/mol. The Hall–Kier alpha value is -0.0800. The molecule has 92 valence electrons. The first kappa shape index (κ1) is 14.9. The summed E-state index contributed by atoms with van der Waals surface area (Å²) in [6.07, 6.45) is 3.85. The van der Waals surface area contributed by atoms with Crippen LogP contribution in [0, 0.1) is 11.8 Å². The third-order valence-electron chi connectivity index (χ3n) is 3.11. The molecule has 3 unspecified atom stereocenters. The molecule has 0 radical (unpaired) electrons. The molecule has 0 aromatic carbocycles. The lowest BCUT2D eigenvalue weighted by Crippen LogP contribution is -2.39. The maximum Gasteiger partial charge on any atom is 0.0471 e. The smallest absolute Gasteiger partial charge is 0.0471 e. The second kappa shape index (κ2) is 8.12. The molecule has 0 spiro atoms. The number of rotatable bonds is 8. The molecule has 15 heavy (non-hydrogen) atoms. The van der Waals surface area contributed by atoms with E-state index < -0.39 is 0 Å². The van der Waals surface area contributed by atoms with Crippen LogP contribution >= 0.6 is 0 Å². The van der Waals surface area contributed by atoms with E-state index in [1.807, 2.05) is 0 Å². The molecule has 0 fully saturated rings. The Balaban J connectivity index is 3.59. The summed E-state index contributed by atoms with van der Waals surface area (Å²) < 4.78 is 0. The van der Waals surface area contributed by atoms with E-state index in [4.69, 9.17) is 5.11 Å². The van der Waals surface area contributed by atoms with E-state index in [0.717, 1.165) is 5.92 Å². The van der Waals surface area contributed by atoms with Crippen LogP contribution in [0.4, 0.5) is 0 Å². The van der Waals surface area contributed by atoms with Gasteiger partial charge in [0.15, 0.2) is 0 Å². The largest absolute Gasteiger partial charge is 0.396 e. The van der Waals surface area contributed by atoms with Crippen LogP contribution in [0.5, 0.6) is 0 Å². The zero-order valence-corrected chi connectivity index (χ0v) is 11.1. The van der Waals surface area contributed by atoms with Crippen molar-refractivity contribution in [3.8, 4) is 0 Å². The molecule has 0 aromatic rings. The van der Waals surface area contributed by atoms with Gasteiger partial charge in [-0.15, -0.1) is 0 Å². The van der Waals surface area contributed by atoms with Gasteiger partial charge in [-0.25, -0.2) is 0 Å². The molecule has 0 rings (SSSR count). The van der Waals surface area contributed by atoms with Crippen LogP contribution in [0.15, 0.2) is 0 Å². The summed E-state index contributed by atoms with van der Waals surface area (Å²) in [4.78, 5) is 0. The molecule has 0 aliphatic heterocycles. The molecule has 2 nitrogen and oxygen atoms in total. The number of hydrogen-bond acceptors (Lipinski definition) is 2. The third kappa shape index (κ3) is 7.80. The Labute approximate surface area is 95.5 Å². The second-order valence-corrected chi connectivity index (χ2v) is 5.34. The lowest BCUT2D eigenvalue weighted by molar-refractivity contribution is 0.200. The van der Waals surface area contributed by atoms with Gasteiger partial charge in [0.25, 0.3) is 0 Å². The Bertz CT molecular complexity index is 147. The highest BCUT2D eigenvalue weighted by atomic mass is 16.3. The Morgan fingerprint density at radius 2 is 1.60 bits per heavy atom. The minimum absolute atomic E-state index is 0.271. The van der Waals surface area contributed by atoms with Crippen molar-refractivity contribution in [1.82, 2.24) is 5.32 Å². The van der Waals surface area contributed by atoms with Gasteiger partial charge in [-0.2, -0.15) is 0 Å². The van der Waals surface area contributed by atoms with Gasteiger partial charge in [0.05, 0.1) is 0 Å². The van der Waals surface area contributed by atoms with E-state index in [1.54, 1.807) is 0 Å². The summed E-state index contributed by atoms with van der Waals surface area (Å²) >= 11 is 0. The Morgan fingerprint density at radius 3 is 2.07 bits per heavy atom. The highest BCUT2D eigenvalue weighted by Gasteiger charge is 2.13. The molecule has 0 saturated heterocycles. The molecule has 0 saturated carbocycles. The fraction of sp³-hybridized carbons (Fsp3) is 1.00. The zero-order valence-electron chi connectivity index (χ0n) is 11.1. The summed E-state index contributed by atoms with van der Waals surface area (Å²) in [6, 6.07) is 0.969. The zero-order chi connectivity index (χ0) is 11.8. The molecule has 2 heteroatoms. The average Bonchev–Trinajstić information content (AvgIpc) is 2.15. The van der Waals surface area contributed by atoms with E-state index >= 15 is 0 Å². The highest BCUT2D eigenvalue weighted by molar-refractivity contribution is 4.72. The number of hydrogen-bond donors (Lipinski definition) is 2. The standard InChI is InChI=1S/C13H29NO/c1-10(2)7-6-8-12(4)14-13(5)11(3)9-15/h10-15H,6-9H2,1-5H3.